The molecule has 2 aromatic rings. The Kier molecular flexibility index (Phi) is 11.2. The van der Waals surface area contributed by atoms with Gasteiger partial charge in [-0.05, 0) is 37.0 Å². The number of carbonyl (C=O) groups is 3. The molecule has 2 atom stereocenters. The average Bonchev–Trinajstić information content (AvgIpc) is 2.85. The van der Waals surface area contributed by atoms with Gasteiger partial charge in [0.05, 0.1) is 25.7 Å². The highest BCUT2D eigenvalue weighted by Gasteiger charge is 2.36. The minimum atomic E-state index is -3.35. The van der Waals surface area contributed by atoms with Crippen molar-refractivity contribution in [1.29, 1.82) is 0 Å². The van der Waals surface area contributed by atoms with E-state index in [1.165, 1.54) is 0 Å². The number of halogens is 2. The predicted molar refractivity (Wildman–Crippen MR) is 139 cm³/mol. The van der Waals surface area contributed by atoms with Crippen molar-refractivity contribution in [3.05, 3.63) is 65.2 Å². The molecule has 0 aliphatic heterocycles. The molecule has 0 heterocycles. The molecular formula is C28H33F2N3O5. The third-order valence-corrected chi connectivity index (χ3v) is 5.54. The lowest BCUT2D eigenvalue weighted by Gasteiger charge is -2.31. The molecule has 0 spiro atoms. The molecule has 8 nitrogen and oxygen atoms in total. The number of terminal acetylenes is 1. The van der Waals surface area contributed by atoms with Crippen LogP contribution in [0.5, 0.6) is 5.75 Å². The number of carbonyl (C=O) groups excluding carboxylic acids is 3. The number of amides is 3. The summed E-state index contributed by atoms with van der Waals surface area (Å²) in [5.74, 6) is -3.17. The number of aliphatic hydroxyl groups is 1. The fourth-order valence-electron chi connectivity index (χ4n) is 3.81. The molecule has 10 heteroatoms. The van der Waals surface area contributed by atoms with Gasteiger partial charge in [0.25, 0.3) is 17.7 Å². The zero-order valence-corrected chi connectivity index (χ0v) is 21.7. The Labute approximate surface area is 221 Å². The first kappa shape index (κ1) is 30.3. The zero-order chi connectivity index (χ0) is 28.3. The zero-order valence-electron chi connectivity index (χ0n) is 21.7. The molecule has 0 bridgehead atoms. The second-order valence-corrected chi connectivity index (χ2v) is 9.06. The molecule has 0 radical (unpaired) electrons. The van der Waals surface area contributed by atoms with Crippen molar-refractivity contribution >= 4 is 17.7 Å². The van der Waals surface area contributed by atoms with Gasteiger partial charge in [-0.2, -0.15) is 0 Å². The number of aliphatic hydroxyl groups excluding tert-OH is 1. The number of rotatable bonds is 13. The smallest absolute Gasteiger partial charge is 0.262 e. The highest BCUT2D eigenvalue weighted by Crippen LogP contribution is 2.22. The quantitative estimate of drug-likeness (QED) is 0.344. The summed E-state index contributed by atoms with van der Waals surface area (Å²) in [7, 11) is 0. The first-order valence-corrected chi connectivity index (χ1v) is 12.0. The van der Waals surface area contributed by atoms with Gasteiger partial charge in [-0.25, -0.2) is 8.78 Å². The maximum absolute atomic E-state index is 13.9. The SMILES string of the molecule is C#CCNC(=O)CN(CC(C)(F)F)C(=O)C(O)C(Cc1ccccc1)NC(=O)COc1c(C)cccc1C. The van der Waals surface area contributed by atoms with Gasteiger partial charge in [-0.3, -0.25) is 14.4 Å². The van der Waals surface area contributed by atoms with Gasteiger partial charge in [0.15, 0.2) is 12.7 Å². The Balaban J connectivity index is 2.23. The van der Waals surface area contributed by atoms with Crippen LogP contribution in [0.3, 0.4) is 0 Å². The predicted octanol–water partition coefficient (Wildman–Crippen LogP) is 2.00. The van der Waals surface area contributed by atoms with E-state index in [-0.39, 0.29) is 13.0 Å². The van der Waals surface area contributed by atoms with Gasteiger partial charge >= 0.3 is 0 Å². The van der Waals surface area contributed by atoms with E-state index >= 15 is 0 Å². The van der Waals surface area contributed by atoms with E-state index in [0.717, 1.165) is 11.1 Å². The second-order valence-electron chi connectivity index (χ2n) is 9.06. The van der Waals surface area contributed by atoms with Crippen LogP contribution in [0, 0.1) is 26.2 Å². The Morgan fingerprint density at radius 2 is 1.71 bits per heavy atom. The van der Waals surface area contributed by atoms with Gasteiger partial charge in [0.2, 0.25) is 5.91 Å². The lowest BCUT2D eigenvalue weighted by Crippen LogP contribution is -2.56. The van der Waals surface area contributed by atoms with Crippen molar-refractivity contribution < 1.29 is 33.0 Å². The molecule has 2 rings (SSSR count). The first-order valence-electron chi connectivity index (χ1n) is 12.0. The van der Waals surface area contributed by atoms with Gasteiger partial charge in [0, 0.05) is 6.92 Å². The minimum Gasteiger partial charge on any atom is -0.483 e. The van der Waals surface area contributed by atoms with Crippen LogP contribution >= 0.6 is 0 Å². The second kappa shape index (κ2) is 14.1. The van der Waals surface area contributed by atoms with E-state index in [0.29, 0.717) is 23.1 Å². The molecule has 0 aliphatic carbocycles. The van der Waals surface area contributed by atoms with Gasteiger partial charge in [0.1, 0.15) is 5.75 Å². The van der Waals surface area contributed by atoms with Crippen LogP contribution in [-0.2, 0) is 20.8 Å². The van der Waals surface area contributed by atoms with Gasteiger partial charge in [-0.1, -0.05) is 54.5 Å². The number of hydrogen-bond acceptors (Lipinski definition) is 5. The van der Waals surface area contributed by atoms with E-state index in [1.54, 1.807) is 30.3 Å². The van der Waals surface area contributed by atoms with E-state index in [1.807, 2.05) is 32.0 Å². The van der Waals surface area contributed by atoms with E-state index in [2.05, 4.69) is 16.6 Å². The fraction of sp³-hybridized carbons (Fsp3) is 0.393. The minimum absolute atomic E-state index is 0.0164. The monoisotopic (exact) mass is 529 g/mol. The number of nitrogens with one attached hydrogen (secondary N) is 2. The number of ether oxygens (including phenoxy) is 1. The van der Waals surface area contributed by atoms with Crippen molar-refractivity contribution in [2.75, 3.05) is 26.2 Å². The molecule has 204 valence electrons. The van der Waals surface area contributed by atoms with E-state index < -0.39 is 55.5 Å². The van der Waals surface area contributed by atoms with E-state index in [4.69, 9.17) is 11.2 Å². The lowest BCUT2D eigenvalue weighted by molar-refractivity contribution is -0.149. The summed E-state index contributed by atoms with van der Waals surface area (Å²) in [5, 5.41) is 15.8. The molecule has 38 heavy (non-hydrogen) atoms. The van der Waals surface area contributed by atoms with Crippen LogP contribution in [0.15, 0.2) is 48.5 Å². The van der Waals surface area contributed by atoms with Crippen molar-refractivity contribution in [2.24, 2.45) is 0 Å². The topological polar surface area (TPSA) is 108 Å². The van der Waals surface area contributed by atoms with Crippen molar-refractivity contribution in [2.45, 2.75) is 45.3 Å². The summed E-state index contributed by atoms with van der Waals surface area (Å²) in [4.78, 5) is 38.6. The molecule has 3 amide bonds. The molecule has 0 aliphatic rings. The van der Waals surface area contributed by atoms with Crippen LogP contribution < -0.4 is 15.4 Å². The van der Waals surface area contributed by atoms with Crippen molar-refractivity contribution in [1.82, 2.24) is 15.5 Å². The molecule has 0 fully saturated rings. The number of benzene rings is 2. The van der Waals surface area contributed by atoms with Crippen molar-refractivity contribution in [3.63, 3.8) is 0 Å². The molecule has 3 N–H and O–H groups in total. The summed E-state index contributed by atoms with van der Waals surface area (Å²) in [6.45, 7) is 1.84. The Hall–Kier alpha value is -3.97. The Morgan fingerprint density at radius 1 is 1.08 bits per heavy atom. The van der Waals surface area contributed by atoms with Crippen LogP contribution in [0.25, 0.3) is 0 Å². The summed E-state index contributed by atoms with van der Waals surface area (Å²) in [6.07, 6.45) is 3.19. The first-order chi connectivity index (χ1) is 17.9. The third-order valence-electron chi connectivity index (χ3n) is 5.54. The summed E-state index contributed by atoms with van der Waals surface area (Å²) in [5.41, 5.74) is 2.33. The molecule has 0 saturated heterocycles. The number of alkyl halides is 2. The molecule has 0 aromatic heterocycles. The Bertz CT molecular complexity index is 1130. The van der Waals surface area contributed by atoms with Gasteiger partial charge < -0.3 is 25.4 Å². The number of hydrogen-bond donors (Lipinski definition) is 3. The van der Waals surface area contributed by atoms with Crippen LogP contribution in [-0.4, -0.2) is 72.0 Å². The van der Waals surface area contributed by atoms with Crippen LogP contribution in [0.2, 0.25) is 0 Å². The largest absolute Gasteiger partial charge is 0.483 e. The fourth-order valence-corrected chi connectivity index (χ4v) is 3.81. The Morgan fingerprint density at radius 3 is 2.29 bits per heavy atom. The number of aryl methyl sites for hydroxylation is 2. The number of para-hydroxylation sites is 1. The molecule has 2 unspecified atom stereocenters. The van der Waals surface area contributed by atoms with Gasteiger partial charge in [-0.15, -0.1) is 6.42 Å². The summed E-state index contributed by atoms with van der Waals surface area (Å²) in [6, 6.07) is 13.0. The van der Waals surface area contributed by atoms with Crippen LogP contribution in [0.1, 0.15) is 23.6 Å². The van der Waals surface area contributed by atoms with Crippen molar-refractivity contribution in [3.8, 4) is 18.1 Å². The maximum Gasteiger partial charge on any atom is 0.262 e. The van der Waals surface area contributed by atoms with Crippen LogP contribution in [0.4, 0.5) is 8.78 Å². The molecule has 2 aromatic carbocycles. The summed E-state index contributed by atoms with van der Waals surface area (Å²) >= 11 is 0. The normalized spacial score (nSPS) is 12.6. The third kappa shape index (κ3) is 9.82. The average molecular weight is 530 g/mol. The molecule has 0 saturated carbocycles. The van der Waals surface area contributed by atoms with E-state index in [9.17, 15) is 28.3 Å². The number of nitrogens with zero attached hydrogens (tertiary/aromatic N) is 1. The summed E-state index contributed by atoms with van der Waals surface area (Å²) < 4.78 is 33.4. The highest BCUT2D eigenvalue weighted by atomic mass is 19.3. The maximum atomic E-state index is 13.9. The highest BCUT2D eigenvalue weighted by molar-refractivity contribution is 5.88. The standard InChI is InChI=1S/C28H33F2N3O5/c1-5-14-31-23(34)16-33(18-28(4,29)30)27(37)25(36)22(15-21-12-7-6-8-13-21)32-24(35)17-38-26-19(2)10-9-11-20(26)3/h1,6-13,22,25,36H,14-18H2,2-4H3,(H,31,34)(H,32,35). The molecular weight excluding hydrogens is 496 g/mol. The lowest BCUT2D eigenvalue weighted by atomic mass is 10.00.